The van der Waals surface area contributed by atoms with Gasteiger partial charge in [0, 0.05) is 0 Å². The van der Waals surface area contributed by atoms with Crippen LogP contribution in [0.5, 0.6) is 0 Å². The predicted molar refractivity (Wildman–Crippen MR) is 102 cm³/mol. The van der Waals surface area contributed by atoms with Crippen LogP contribution >= 0.6 is 11.3 Å². The van der Waals surface area contributed by atoms with Gasteiger partial charge in [-0.25, -0.2) is 13.4 Å². The summed E-state index contributed by atoms with van der Waals surface area (Å²) in [5, 5.41) is 22.8. The zero-order chi connectivity index (χ0) is 19.1. The van der Waals surface area contributed by atoms with Crippen LogP contribution in [0.3, 0.4) is 0 Å². The first-order valence-corrected chi connectivity index (χ1v) is 9.43. The Labute approximate surface area is 164 Å². The maximum absolute atomic E-state index is 12.6. The van der Waals surface area contributed by atoms with Gasteiger partial charge in [0.2, 0.25) is 0 Å². The molecule has 12 heteroatoms. The minimum atomic E-state index is -4.08. The van der Waals surface area contributed by atoms with Crippen molar-refractivity contribution in [2.24, 2.45) is 0 Å². The monoisotopic (exact) mass is 426 g/mol. The van der Waals surface area contributed by atoms with E-state index in [0.717, 1.165) is 23.2 Å². The molecule has 0 spiro atoms. The van der Waals surface area contributed by atoms with Crippen LogP contribution in [0.2, 0.25) is 0 Å². The SMILES string of the molecule is Cc1nc2ccc(S(=O)(=O)Nc3cc(C(=O)[O-])cc(C(=O)[O-])c3)cc2s1.[NH4+].[NH4+]. The Hall–Kier alpha value is -3.06. The van der Waals surface area contributed by atoms with Crippen molar-refractivity contribution >= 4 is 49.2 Å². The summed E-state index contributed by atoms with van der Waals surface area (Å²) in [7, 11) is -4.08. The van der Waals surface area contributed by atoms with Gasteiger partial charge in [-0.3, -0.25) is 4.72 Å². The van der Waals surface area contributed by atoms with Crippen LogP contribution in [0.15, 0.2) is 41.3 Å². The van der Waals surface area contributed by atoms with Crippen molar-refractivity contribution in [1.29, 1.82) is 0 Å². The molecule has 1 aromatic heterocycles. The lowest BCUT2D eigenvalue weighted by atomic mass is 10.1. The summed E-state index contributed by atoms with van der Waals surface area (Å²) in [4.78, 5) is 26.2. The number of hydrogen-bond acceptors (Lipinski definition) is 8. The highest BCUT2D eigenvalue weighted by Gasteiger charge is 2.17. The summed E-state index contributed by atoms with van der Waals surface area (Å²) in [6.07, 6.45) is 0. The molecule has 9 N–H and O–H groups in total. The number of anilines is 1. The molecule has 0 radical (unpaired) electrons. The molecule has 28 heavy (non-hydrogen) atoms. The fraction of sp³-hybridized carbons (Fsp3) is 0.0625. The molecule has 3 rings (SSSR count). The number of nitrogens with zero attached hydrogens (tertiary/aromatic N) is 1. The van der Waals surface area contributed by atoms with Gasteiger partial charge in [-0.15, -0.1) is 11.3 Å². The van der Waals surface area contributed by atoms with Gasteiger partial charge in [0.1, 0.15) is 0 Å². The first-order valence-electron chi connectivity index (χ1n) is 7.13. The van der Waals surface area contributed by atoms with Gasteiger partial charge in [0.05, 0.1) is 37.7 Å². The minimum Gasteiger partial charge on any atom is -0.545 e. The van der Waals surface area contributed by atoms with Crippen LogP contribution in [0.4, 0.5) is 5.69 Å². The second-order valence-corrected chi connectivity index (χ2v) is 8.26. The second-order valence-electron chi connectivity index (χ2n) is 5.34. The number of carbonyl (C=O) groups excluding carboxylic acids is 2. The Kier molecular flexibility index (Phi) is 6.82. The zero-order valence-corrected chi connectivity index (χ0v) is 16.8. The Morgan fingerprint density at radius 1 is 1.00 bits per heavy atom. The summed E-state index contributed by atoms with van der Waals surface area (Å²) in [5.41, 5.74) is -0.549. The number of aromatic nitrogens is 1. The molecule has 0 aliphatic rings. The molecule has 0 unspecified atom stereocenters. The van der Waals surface area contributed by atoms with E-state index in [1.54, 1.807) is 13.0 Å². The lowest BCUT2D eigenvalue weighted by Gasteiger charge is -2.13. The van der Waals surface area contributed by atoms with E-state index in [-0.39, 0.29) is 22.9 Å². The number of rotatable bonds is 5. The highest BCUT2D eigenvalue weighted by atomic mass is 32.2. The smallest absolute Gasteiger partial charge is 0.261 e. The maximum atomic E-state index is 12.6. The molecule has 1 heterocycles. The summed E-state index contributed by atoms with van der Waals surface area (Å²) >= 11 is 1.33. The van der Waals surface area contributed by atoms with Crippen molar-refractivity contribution in [3.05, 3.63) is 52.5 Å². The predicted octanol–water partition coefficient (Wildman–Crippen LogP) is 0.885. The first-order chi connectivity index (χ1) is 12.2. The van der Waals surface area contributed by atoms with Crippen LogP contribution in [-0.4, -0.2) is 25.3 Å². The van der Waals surface area contributed by atoms with E-state index in [1.165, 1.54) is 23.5 Å². The van der Waals surface area contributed by atoms with E-state index in [0.29, 0.717) is 10.2 Å². The molecule has 0 saturated carbocycles. The number of carboxylic acids is 2. The Bertz CT molecular complexity index is 1120. The molecule has 0 fully saturated rings. The third-order valence-corrected chi connectivity index (χ3v) is 5.75. The molecule has 0 atom stereocenters. The lowest BCUT2D eigenvalue weighted by Crippen LogP contribution is -2.26. The van der Waals surface area contributed by atoms with E-state index in [9.17, 15) is 28.2 Å². The first kappa shape index (κ1) is 23.0. The molecule has 10 nitrogen and oxygen atoms in total. The number of fused-ring (bicyclic) bond motifs is 1. The number of nitrogens with one attached hydrogen (secondary N) is 1. The van der Waals surface area contributed by atoms with Gasteiger partial charge in [-0.05, 0) is 54.4 Å². The maximum Gasteiger partial charge on any atom is 0.261 e. The van der Waals surface area contributed by atoms with E-state index < -0.39 is 33.1 Å². The van der Waals surface area contributed by atoms with Crippen molar-refractivity contribution in [2.45, 2.75) is 11.8 Å². The summed E-state index contributed by atoms with van der Waals surface area (Å²) in [5.74, 6) is -3.29. The fourth-order valence-corrected chi connectivity index (χ4v) is 4.33. The third kappa shape index (κ3) is 4.61. The molecule has 0 bridgehead atoms. The quantitative estimate of drug-likeness (QED) is 0.535. The third-order valence-electron chi connectivity index (χ3n) is 3.43. The topological polar surface area (TPSA) is 212 Å². The minimum absolute atomic E-state index is 0. The van der Waals surface area contributed by atoms with Crippen LogP contribution in [0, 0.1) is 6.92 Å². The average Bonchev–Trinajstić information content (AvgIpc) is 2.93. The molecule has 150 valence electrons. The fourth-order valence-electron chi connectivity index (χ4n) is 2.32. The van der Waals surface area contributed by atoms with Gasteiger partial charge in [-0.1, -0.05) is 0 Å². The lowest BCUT2D eigenvalue weighted by molar-refractivity contribution is -0.255. The van der Waals surface area contributed by atoms with Crippen molar-refractivity contribution in [3.8, 4) is 0 Å². The van der Waals surface area contributed by atoms with Gasteiger partial charge < -0.3 is 32.1 Å². The van der Waals surface area contributed by atoms with Crippen LogP contribution in [0.1, 0.15) is 25.7 Å². The molecule has 0 aliphatic carbocycles. The second kappa shape index (κ2) is 8.31. The highest BCUT2D eigenvalue weighted by Crippen LogP contribution is 2.26. The number of carbonyl (C=O) groups is 2. The largest absolute Gasteiger partial charge is 0.545 e. The molecule has 0 amide bonds. The van der Waals surface area contributed by atoms with Crippen molar-refractivity contribution in [1.82, 2.24) is 17.3 Å². The molecule has 0 aliphatic heterocycles. The van der Waals surface area contributed by atoms with Crippen LogP contribution in [0.25, 0.3) is 10.2 Å². The Balaban J connectivity index is 0.00000196. The van der Waals surface area contributed by atoms with Crippen molar-refractivity contribution in [3.63, 3.8) is 0 Å². The normalized spacial score (nSPS) is 10.6. The van der Waals surface area contributed by atoms with E-state index in [1.807, 2.05) is 0 Å². The number of hydrogen-bond donors (Lipinski definition) is 3. The number of aromatic carboxylic acids is 2. The zero-order valence-electron chi connectivity index (χ0n) is 15.2. The molecular weight excluding hydrogens is 408 g/mol. The molecule has 2 aromatic carbocycles. The van der Waals surface area contributed by atoms with Gasteiger partial charge in [-0.2, -0.15) is 0 Å². The standard InChI is InChI=1S/C16H12N2O6S2.2H3N/c1-8-17-13-3-2-12(7-14(13)25-8)26(23,24)18-11-5-9(15(19)20)4-10(6-11)16(21)22;;/h2-7,18H,1H3,(H,19,20)(H,21,22);2*1H3. The van der Waals surface area contributed by atoms with Crippen molar-refractivity contribution in [2.75, 3.05) is 4.72 Å². The van der Waals surface area contributed by atoms with E-state index in [4.69, 9.17) is 0 Å². The van der Waals surface area contributed by atoms with Crippen LogP contribution in [-0.2, 0) is 10.0 Å². The average molecular weight is 426 g/mol. The van der Waals surface area contributed by atoms with E-state index >= 15 is 0 Å². The number of quaternary nitrogens is 2. The van der Waals surface area contributed by atoms with Crippen LogP contribution < -0.4 is 27.2 Å². The number of aryl methyl sites for hydroxylation is 1. The number of benzene rings is 2. The van der Waals surface area contributed by atoms with Gasteiger partial charge in [0.15, 0.2) is 0 Å². The Morgan fingerprint density at radius 2 is 1.57 bits per heavy atom. The van der Waals surface area contributed by atoms with Gasteiger partial charge >= 0.3 is 0 Å². The number of thiazole rings is 1. The molecule has 3 aromatic rings. The highest BCUT2D eigenvalue weighted by molar-refractivity contribution is 7.92. The van der Waals surface area contributed by atoms with Crippen molar-refractivity contribution < 1.29 is 28.2 Å². The summed E-state index contributed by atoms with van der Waals surface area (Å²) in [6.45, 7) is 1.80. The Morgan fingerprint density at radius 3 is 2.11 bits per heavy atom. The number of sulfonamides is 1. The van der Waals surface area contributed by atoms with Gasteiger partial charge in [0.25, 0.3) is 10.0 Å². The molecule has 0 saturated heterocycles. The molecular formula is C16H18N4O6S2. The number of carboxylic acid groups (broad SMARTS) is 2. The summed E-state index contributed by atoms with van der Waals surface area (Å²) in [6, 6.07) is 7.10. The summed E-state index contributed by atoms with van der Waals surface area (Å²) < 4.78 is 28.0. The van der Waals surface area contributed by atoms with E-state index in [2.05, 4.69) is 9.71 Å².